The molecule has 1 aliphatic carbocycles. The van der Waals surface area contributed by atoms with Gasteiger partial charge in [0, 0.05) is 5.56 Å². The minimum absolute atomic E-state index is 0.399. The van der Waals surface area contributed by atoms with Gasteiger partial charge in [0.15, 0.2) is 5.72 Å². The summed E-state index contributed by atoms with van der Waals surface area (Å²) in [7, 11) is 0. The maximum Gasteiger partial charge on any atom is 0.200 e. The Morgan fingerprint density at radius 3 is 2.44 bits per heavy atom. The third kappa shape index (κ3) is 4.26. The van der Waals surface area contributed by atoms with E-state index < -0.39 is 11.3 Å². The molecule has 0 bridgehead atoms. The summed E-state index contributed by atoms with van der Waals surface area (Å²) in [5, 5.41) is 0. The Bertz CT molecular complexity index is 698. The van der Waals surface area contributed by atoms with Gasteiger partial charge >= 0.3 is 0 Å². The molecule has 0 saturated heterocycles. The molecule has 1 aromatic carbocycles. The Kier molecular flexibility index (Phi) is 7.60. The van der Waals surface area contributed by atoms with Crippen LogP contribution < -0.4 is 5.73 Å². The highest BCUT2D eigenvalue weighted by molar-refractivity contribution is 5.45. The van der Waals surface area contributed by atoms with Crippen molar-refractivity contribution in [2.24, 2.45) is 5.73 Å². The van der Waals surface area contributed by atoms with Crippen molar-refractivity contribution < 1.29 is 9.78 Å². The van der Waals surface area contributed by atoms with E-state index in [0.29, 0.717) is 0 Å². The van der Waals surface area contributed by atoms with Crippen molar-refractivity contribution in [3.63, 3.8) is 0 Å². The molecule has 148 valence electrons. The average Bonchev–Trinajstić information content (AvgIpc) is 2.71. The van der Waals surface area contributed by atoms with Crippen molar-refractivity contribution in [3.05, 3.63) is 71.3 Å². The van der Waals surface area contributed by atoms with Gasteiger partial charge in [-0.15, -0.1) is 0 Å². The van der Waals surface area contributed by atoms with E-state index >= 15 is 0 Å². The fourth-order valence-electron chi connectivity index (χ4n) is 4.10. The average molecular weight is 370 g/mol. The van der Waals surface area contributed by atoms with Crippen LogP contribution in [-0.2, 0) is 15.5 Å². The Hall–Kier alpha value is -1.68. The minimum atomic E-state index is -1.09. The summed E-state index contributed by atoms with van der Waals surface area (Å²) in [6.45, 7) is 12.2. The molecule has 1 fully saturated rings. The normalized spacial score (nSPS) is 24.6. The van der Waals surface area contributed by atoms with Gasteiger partial charge in [-0.25, -0.2) is 9.78 Å². The van der Waals surface area contributed by atoms with Gasteiger partial charge in [0.05, 0.1) is 0 Å². The fourth-order valence-corrected chi connectivity index (χ4v) is 4.10. The number of aryl methyl sites for hydroxylation is 1. The van der Waals surface area contributed by atoms with Gasteiger partial charge in [-0.3, -0.25) is 5.73 Å². The highest BCUT2D eigenvalue weighted by Crippen LogP contribution is 2.49. The molecule has 1 spiro atoms. The monoisotopic (exact) mass is 369 g/mol. The smallest absolute Gasteiger partial charge is 0.200 e. The van der Waals surface area contributed by atoms with Crippen molar-refractivity contribution in [1.29, 1.82) is 0 Å². The van der Waals surface area contributed by atoms with Crippen molar-refractivity contribution in [2.45, 2.75) is 77.5 Å². The zero-order valence-corrected chi connectivity index (χ0v) is 17.4. The van der Waals surface area contributed by atoms with Crippen molar-refractivity contribution in [1.82, 2.24) is 0 Å². The van der Waals surface area contributed by atoms with E-state index in [1.165, 1.54) is 6.42 Å². The lowest BCUT2D eigenvalue weighted by Crippen LogP contribution is -2.52. The van der Waals surface area contributed by atoms with Gasteiger partial charge in [0.25, 0.3) is 0 Å². The third-order valence-electron chi connectivity index (χ3n) is 5.47. The molecule has 1 unspecified atom stereocenters. The molecule has 27 heavy (non-hydrogen) atoms. The highest BCUT2D eigenvalue weighted by atomic mass is 17.2. The van der Waals surface area contributed by atoms with E-state index in [2.05, 4.69) is 31.7 Å². The first-order valence-corrected chi connectivity index (χ1v) is 10.3. The van der Waals surface area contributed by atoms with Crippen LogP contribution in [0.1, 0.15) is 70.4 Å². The molecule has 0 amide bonds. The first kappa shape index (κ1) is 21.6. The number of benzene rings is 1. The minimum Gasteiger partial charge on any atom is -0.293 e. The van der Waals surface area contributed by atoms with Crippen LogP contribution in [0.5, 0.6) is 0 Å². The van der Waals surface area contributed by atoms with Crippen LogP contribution in [0, 0.1) is 6.92 Å². The quantitative estimate of drug-likeness (QED) is 0.504. The Morgan fingerprint density at radius 2 is 1.85 bits per heavy atom. The van der Waals surface area contributed by atoms with Crippen LogP contribution >= 0.6 is 0 Å². The largest absolute Gasteiger partial charge is 0.293 e. The van der Waals surface area contributed by atoms with E-state index in [1.54, 1.807) is 0 Å². The number of rotatable bonds is 4. The second-order valence-corrected chi connectivity index (χ2v) is 7.20. The molecule has 1 heterocycles. The summed E-state index contributed by atoms with van der Waals surface area (Å²) in [5.74, 6) is 0. The van der Waals surface area contributed by atoms with E-state index in [9.17, 15) is 0 Å². The van der Waals surface area contributed by atoms with Gasteiger partial charge < -0.3 is 0 Å². The zero-order valence-electron chi connectivity index (χ0n) is 17.4. The lowest BCUT2D eigenvalue weighted by atomic mass is 9.73. The summed E-state index contributed by atoms with van der Waals surface area (Å²) in [6, 6.07) is 8.14. The maximum atomic E-state index is 6.80. The van der Waals surface area contributed by atoms with Gasteiger partial charge in [0.2, 0.25) is 0 Å². The van der Waals surface area contributed by atoms with Crippen molar-refractivity contribution >= 4 is 0 Å². The van der Waals surface area contributed by atoms with Crippen LogP contribution in [0.2, 0.25) is 0 Å². The molecule has 0 aromatic heterocycles. The summed E-state index contributed by atoms with van der Waals surface area (Å²) in [5.41, 5.74) is 9.55. The molecule has 0 radical (unpaired) electrons. The first-order valence-electron chi connectivity index (χ1n) is 10.3. The number of nitrogens with two attached hydrogens (primary N) is 1. The summed E-state index contributed by atoms with van der Waals surface area (Å²) in [4.78, 5) is 12.0. The van der Waals surface area contributed by atoms with E-state index in [-0.39, 0.29) is 0 Å². The predicted molar refractivity (Wildman–Crippen MR) is 113 cm³/mol. The summed E-state index contributed by atoms with van der Waals surface area (Å²) < 4.78 is 0. The van der Waals surface area contributed by atoms with Crippen LogP contribution in [0.4, 0.5) is 0 Å². The number of allylic oxidation sites excluding steroid dienone is 2. The van der Waals surface area contributed by atoms with Crippen molar-refractivity contribution in [3.8, 4) is 0 Å². The number of hydrogen-bond donors (Lipinski definition) is 1. The van der Waals surface area contributed by atoms with Gasteiger partial charge in [-0.05, 0) is 44.3 Å². The second kappa shape index (κ2) is 9.50. The Morgan fingerprint density at radius 1 is 1.15 bits per heavy atom. The molecule has 3 heteroatoms. The third-order valence-corrected chi connectivity index (χ3v) is 5.47. The molecule has 2 aliphatic rings. The lowest BCUT2D eigenvalue weighted by Gasteiger charge is -2.47. The van der Waals surface area contributed by atoms with Crippen LogP contribution in [0.3, 0.4) is 0 Å². The van der Waals surface area contributed by atoms with E-state index in [4.69, 9.17) is 15.5 Å². The topological polar surface area (TPSA) is 44.5 Å². The number of hydrogen-bond acceptors (Lipinski definition) is 3. The van der Waals surface area contributed by atoms with Gasteiger partial charge in [-0.2, -0.15) is 0 Å². The second-order valence-electron chi connectivity index (χ2n) is 7.20. The lowest BCUT2D eigenvalue weighted by molar-refractivity contribution is -0.416. The standard InChI is InChI=1S/C22H29NO2.C2H6/c1-4-6-13-20-19(5-2)21(14-8-7-9-15-21)24-25-22(20,23)18-12-10-11-17(3)16-18;1-2/h4-6,10-12,16H,2,7-9,13-15,23H2,1,3H3;1-2H3/b6-4-;. The molecular weight excluding hydrogens is 334 g/mol. The molecule has 2 N–H and O–H groups in total. The predicted octanol–water partition coefficient (Wildman–Crippen LogP) is 6.25. The van der Waals surface area contributed by atoms with Crippen LogP contribution in [0.15, 0.2) is 60.2 Å². The van der Waals surface area contributed by atoms with E-state index in [0.717, 1.165) is 54.4 Å². The SMILES string of the molecule is C=CC1=C(C/C=C\C)C(N)(c2cccc(C)c2)OOC12CCCCC2.CC. The molecular formula is C24H35NO2. The van der Waals surface area contributed by atoms with Gasteiger partial charge in [0.1, 0.15) is 5.60 Å². The fraction of sp³-hybridized carbons (Fsp3) is 0.500. The van der Waals surface area contributed by atoms with Gasteiger partial charge in [-0.1, -0.05) is 87.7 Å². The summed E-state index contributed by atoms with van der Waals surface area (Å²) in [6.07, 6.45) is 12.3. The Labute approximate surface area is 164 Å². The highest BCUT2D eigenvalue weighted by Gasteiger charge is 2.49. The maximum absolute atomic E-state index is 6.80. The molecule has 3 rings (SSSR count). The first-order chi connectivity index (χ1) is 13.1. The van der Waals surface area contributed by atoms with Crippen LogP contribution in [-0.4, -0.2) is 5.60 Å². The Balaban J connectivity index is 0.00000126. The zero-order chi connectivity index (χ0) is 19.9. The molecule has 1 aromatic rings. The van der Waals surface area contributed by atoms with Crippen molar-refractivity contribution in [2.75, 3.05) is 0 Å². The van der Waals surface area contributed by atoms with E-state index in [1.807, 2.05) is 45.1 Å². The molecule has 3 nitrogen and oxygen atoms in total. The molecule has 1 atom stereocenters. The van der Waals surface area contributed by atoms with Crippen LogP contribution in [0.25, 0.3) is 0 Å². The molecule has 1 aliphatic heterocycles. The summed E-state index contributed by atoms with van der Waals surface area (Å²) >= 11 is 0. The molecule has 1 saturated carbocycles.